The molecule has 0 saturated heterocycles. The largest absolute Gasteiger partial charge is 0.471 e. The van der Waals surface area contributed by atoms with Crippen LogP contribution in [0.15, 0.2) is 77.7 Å². The molecule has 2 atom stereocenters. The molecule has 0 saturated carbocycles. The Balaban J connectivity index is 1.75. The molecule has 0 unspecified atom stereocenters. The van der Waals surface area contributed by atoms with Gasteiger partial charge in [0.05, 0.1) is 22.6 Å². The van der Waals surface area contributed by atoms with Gasteiger partial charge in [0.15, 0.2) is 0 Å². The van der Waals surface area contributed by atoms with Gasteiger partial charge in [-0.15, -0.1) is 16.9 Å². The summed E-state index contributed by atoms with van der Waals surface area (Å²) in [4.78, 5) is 12.6. The number of fused-ring (bicyclic) bond motifs is 1. The molecule has 0 spiro atoms. The van der Waals surface area contributed by atoms with E-state index in [0.29, 0.717) is 22.2 Å². The van der Waals surface area contributed by atoms with Crippen LogP contribution in [0.1, 0.15) is 18.6 Å². The van der Waals surface area contributed by atoms with Crippen LogP contribution in [0.3, 0.4) is 0 Å². The number of hydrogen-bond donors (Lipinski definition) is 1. The zero-order valence-corrected chi connectivity index (χ0v) is 19.5. The predicted octanol–water partition coefficient (Wildman–Crippen LogP) is 6.07. The molecule has 35 heavy (non-hydrogen) atoms. The number of alkyl halides is 3. The van der Waals surface area contributed by atoms with Crippen molar-refractivity contribution in [1.29, 1.82) is 0 Å². The predicted molar refractivity (Wildman–Crippen MR) is 126 cm³/mol. The van der Waals surface area contributed by atoms with Crippen molar-refractivity contribution in [3.8, 4) is 11.6 Å². The van der Waals surface area contributed by atoms with Gasteiger partial charge in [-0.05, 0) is 67.3 Å². The van der Waals surface area contributed by atoms with Gasteiger partial charge in [-0.3, -0.25) is 4.79 Å². The number of thioether (sulfide) groups is 1. The molecule has 1 N–H and O–H groups in total. The Morgan fingerprint density at radius 3 is 2.31 bits per heavy atom. The zero-order chi connectivity index (χ0) is 25.2. The highest BCUT2D eigenvalue weighted by atomic mass is 32.2. The molecule has 0 aliphatic carbocycles. The molecule has 1 heterocycles. The highest BCUT2D eigenvalue weighted by Gasteiger charge is 2.40. The van der Waals surface area contributed by atoms with Gasteiger partial charge in [-0.25, -0.2) is 9.07 Å². The molecule has 1 aromatic heterocycles. The number of halogens is 4. The van der Waals surface area contributed by atoms with E-state index in [1.54, 1.807) is 53.2 Å². The first-order valence-electron chi connectivity index (χ1n) is 10.6. The first kappa shape index (κ1) is 24.6. The van der Waals surface area contributed by atoms with Gasteiger partial charge in [0.25, 0.3) is 0 Å². The second-order valence-corrected chi connectivity index (χ2v) is 8.66. The Hall–Kier alpha value is -3.53. The number of benzene rings is 3. The van der Waals surface area contributed by atoms with Gasteiger partial charge in [-0.1, -0.05) is 24.3 Å². The number of ether oxygens (including phenoxy) is 1. The SMILES string of the molecule is CSc1ccc([C@H](Oc2nn(-c3ccc(F)cc3)c3ccccc23)[C@H](C)NC(=O)C(F)(F)F)cc1. The minimum Gasteiger partial charge on any atom is -0.466 e. The Morgan fingerprint density at radius 2 is 1.69 bits per heavy atom. The van der Waals surface area contributed by atoms with Gasteiger partial charge in [0.1, 0.15) is 11.9 Å². The van der Waals surface area contributed by atoms with Crippen molar-refractivity contribution in [3.05, 3.63) is 84.2 Å². The fourth-order valence-electron chi connectivity index (χ4n) is 3.64. The molecular formula is C25H21F4N3O2S. The lowest BCUT2D eigenvalue weighted by molar-refractivity contribution is -0.174. The van der Waals surface area contributed by atoms with E-state index in [-0.39, 0.29) is 5.88 Å². The van der Waals surface area contributed by atoms with Gasteiger partial charge in [-0.2, -0.15) is 13.2 Å². The summed E-state index contributed by atoms with van der Waals surface area (Å²) in [5, 5.41) is 7.13. The Morgan fingerprint density at radius 1 is 1.03 bits per heavy atom. The number of nitrogens with zero attached hydrogens (tertiary/aromatic N) is 2. The highest BCUT2D eigenvalue weighted by Crippen LogP contribution is 2.33. The van der Waals surface area contributed by atoms with Gasteiger partial charge in [0.2, 0.25) is 5.88 Å². The van der Waals surface area contributed by atoms with Crippen molar-refractivity contribution in [2.45, 2.75) is 30.1 Å². The van der Waals surface area contributed by atoms with E-state index in [2.05, 4.69) is 5.10 Å². The number of carbonyl (C=O) groups is 1. The fraction of sp³-hybridized carbons (Fsp3) is 0.200. The number of carbonyl (C=O) groups excluding carboxylic acids is 1. The standard InChI is InChI=1S/C25H21F4N3O2S/c1-15(30-24(33)25(27,28)29)22(16-7-13-19(35-2)14-8-16)34-23-20-5-3-4-6-21(20)32(31-23)18-11-9-17(26)10-12-18/h3-15,22H,1-2H3,(H,30,33)/t15-,22+/m0/s1. The van der Waals surface area contributed by atoms with Gasteiger partial charge >= 0.3 is 12.1 Å². The van der Waals surface area contributed by atoms with Crippen LogP contribution in [0.2, 0.25) is 0 Å². The number of nitrogens with one attached hydrogen (secondary N) is 1. The third kappa shape index (κ3) is 5.43. The molecule has 182 valence electrons. The molecule has 0 aliphatic rings. The summed E-state index contributed by atoms with van der Waals surface area (Å²) in [6, 6.07) is 19.0. The lowest BCUT2D eigenvalue weighted by Gasteiger charge is -2.26. The normalized spacial score (nSPS) is 13.4. The molecule has 0 radical (unpaired) electrons. The van der Waals surface area contributed by atoms with Crippen LogP contribution < -0.4 is 10.1 Å². The minimum absolute atomic E-state index is 0.164. The van der Waals surface area contributed by atoms with Crippen LogP contribution in [-0.2, 0) is 4.79 Å². The summed E-state index contributed by atoms with van der Waals surface area (Å²) >= 11 is 1.52. The van der Waals surface area contributed by atoms with Crippen LogP contribution >= 0.6 is 11.8 Å². The molecule has 1 amide bonds. The van der Waals surface area contributed by atoms with Crippen LogP contribution in [0, 0.1) is 5.82 Å². The average Bonchev–Trinajstić information content (AvgIpc) is 3.21. The van der Waals surface area contributed by atoms with Crippen molar-refractivity contribution < 1.29 is 27.1 Å². The summed E-state index contributed by atoms with van der Waals surface area (Å²) in [5.41, 5.74) is 1.81. The van der Waals surface area contributed by atoms with Gasteiger partial charge in [0, 0.05) is 4.90 Å². The number of rotatable bonds is 7. The first-order chi connectivity index (χ1) is 16.7. The summed E-state index contributed by atoms with van der Waals surface area (Å²) in [7, 11) is 0. The summed E-state index contributed by atoms with van der Waals surface area (Å²) in [5.74, 6) is -2.29. The first-order valence-corrected chi connectivity index (χ1v) is 11.8. The number of para-hydroxylation sites is 1. The number of aromatic nitrogens is 2. The second kappa shape index (κ2) is 9.99. The van der Waals surface area contributed by atoms with E-state index in [4.69, 9.17) is 4.74 Å². The maximum atomic E-state index is 13.4. The van der Waals surface area contributed by atoms with Crippen LogP contribution in [0.5, 0.6) is 5.88 Å². The van der Waals surface area contributed by atoms with E-state index in [1.807, 2.05) is 23.7 Å². The van der Waals surface area contributed by atoms with Crippen LogP contribution in [0.25, 0.3) is 16.6 Å². The van der Waals surface area contributed by atoms with Crippen LogP contribution in [-0.4, -0.2) is 34.2 Å². The third-order valence-corrected chi connectivity index (χ3v) is 6.12. The van der Waals surface area contributed by atoms with Gasteiger partial charge < -0.3 is 10.1 Å². The Kier molecular flexibility index (Phi) is 7.02. The molecule has 5 nitrogen and oxygen atoms in total. The molecule has 3 aromatic carbocycles. The molecule has 0 bridgehead atoms. The molecule has 4 rings (SSSR count). The molecule has 0 aliphatic heterocycles. The fourth-order valence-corrected chi connectivity index (χ4v) is 4.05. The molecule has 10 heteroatoms. The van der Waals surface area contributed by atoms with Crippen molar-refractivity contribution in [1.82, 2.24) is 15.1 Å². The maximum absolute atomic E-state index is 13.4. The third-order valence-electron chi connectivity index (χ3n) is 5.38. The van der Waals surface area contributed by atoms with E-state index < -0.39 is 30.0 Å². The van der Waals surface area contributed by atoms with Crippen molar-refractivity contribution in [2.24, 2.45) is 0 Å². The number of hydrogen-bond acceptors (Lipinski definition) is 4. The van der Waals surface area contributed by atoms with Crippen molar-refractivity contribution in [3.63, 3.8) is 0 Å². The van der Waals surface area contributed by atoms with Crippen molar-refractivity contribution in [2.75, 3.05) is 6.26 Å². The second-order valence-electron chi connectivity index (χ2n) is 7.78. The highest BCUT2D eigenvalue weighted by molar-refractivity contribution is 7.98. The summed E-state index contributed by atoms with van der Waals surface area (Å²) in [6.07, 6.45) is -4.10. The molecule has 4 aromatic rings. The zero-order valence-electron chi connectivity index (χ0n) is 18.7. The number of amides is 1. The average molecular weight is 504 g/mol. The lowest BCUT2D eigenvalue weighted by atomic mass is 10.0. The summed E-state index contributed by atoms with van der Waals surface area (Å²) in [6.45, 7) is 1.44. The maximum Gasteiger partial charge on any atom is 0.471 e. The van der Waals surface area contributed by atoms with E-state index >= 15 is 0 Å². The lowest BCUT2D eigenvalue weighted by Crippen LogP contribution is -2.45. The van der Waals surface area contributed by atoms with E-state index in [9.17, 15) is 22.4 Å². The Labute approximate surface area is 203 Å². The van der Waals surface area contributed by atoms with Crippen molar-refractivity contribution >= 4 is 28.6 Å². The van der Waals surface area contributed by atoms with Crippen LogP contribution in [0.4, 0.5) is 17.6 Å². The molecular weight excluding hydrogens is 482 g/mol. The van der Waals surface area contributed by atoms with E-state index in [1.165, 1.54) is 30.8 Å². The molecule has 0 fully saturated rings. The van der Waals surface area contributed by atoms with E-state index in [0.717, 1.165) is 4.90 Å². The monoisotopic (exact) mass is 503 g/mol. The summed E-state index contributed by atoms with van der Waals surface area (Å²) < 4.78 is 60.0. The smallest absolute Gasteiger partial charge is 0.466 e. The quantitative estimate of drug-likeness (QED) is 0.246. The topological polar surface area (TPSA) is 56.1 Å². The minimum atomic E-state index is -5.03. The Bertz CT molecular complexity index is 1320.